The molecular formula is C24H40Si2. The molecule has 7 saturated carbocycles. The molecule has 0 heterocycles. The van der Waals surface area contributed by atoms with Gasteiger partial charge < -0.3 is 0 Å². The molecule has 0 unspecified atom stereocenters. The highest BCUT2D eigenvalue weighted by Crippen LogP contribution is 2.77. The van der Waals surface area contributed by atoms with Crippen LogP contribution >= 0.6 is 0 Å². The maximum Gasteiger partial charge on any atom is 0.0683 e. The van der Waals surface area contributed by atoms with Gasteiger partial charge >= 0.3 is 0 Å². The first-order valence-electron chi connectivity index (χ1n) is 11.4. The summed E-state index contributed by atoms with van der Waals surface area (Å²) in [4.78, 5) is 0. The van der Waals surface area contributed by atoms with Gasteiger partial charge in [0.1, 0.15) is 0 Å². The van der Waals surface area contributed by atoms with Gasteiger partial charge in [-0.2, -0.15) is 0 Å². The summed E-state index contributed by atoms with van der Waals surface area (Å²) in [6, 6.07) is 0. The second-order valence-electron chi connectivity index (χ2n) is 13.3. The van der Waals surface area contributed by atoms with Crippen LogP contribution in [0.4, 0.5) is 0 Å². The van der Waals surface area contributed by atoms with Gasteiger partial charge in [-0.3, -0.25) is 0 Å². The molecule has 0 aromatic heterocycles. The third-order valence-electron chi connectivity index (χ3n) is 9.03. The number of hydrogen-bond donors (Lipinski definition) is 0. The quantitative estimate of drug-likeness (QED) is 0.461. The first-order chi connectivity index (χ1) is 12.0. The van der Waals surface area contributed by atoms with E-state index in [2.05, 4.69) is 62.8 Å². The SMILES string of the molecule is C[Si](C)(C)C=CC12CC3C4CC5(C=C[Si](C)(C)C)CC3C(C1)C(C5)C4C2. The van der Waals surface area contributed by atoms with E-state index in [9.17, 15) is 0 Å². The fourth-order valence-corrected chi connectivity index (χ4v) is 10.0. The van der Waals surface area contributed by atoms with Gasteiger partial charge in [-0.15, -0.1) is 0 Å². The predicted molar refractivity (Wildman–Crippen MR) is 118 cm³/mol. The van der Waals surface area contributed by atoms with Crippen LogP contribution in [0, 0.1) is 46.3 Å². The highest BCUT2D eigenvalue weighted by atomic mass is 28.3. The Morgan fingerprint density at radius 2 is 0.731 bits per heavy atom. The predicted octanol–water partition coefficient (Wildman–Crippen LogP) is 6.93. The van der Waals surface area contributed by atoms with Gasteiger partial charge in [-0.25, -0.2) is 0 Å². The minimum absolute atomic E-state index is 0.620. The van der Waals surface area contributed by atoms with Crippen molar-refractivity contribution in [1.29, 1.82) is 0 Å². The second kappa shape index (κ2) is 5.29. The van der Waals surface area contributed by atoms with E-state index in [0.29, 0.717) is 10.8 Å². The lowest BCUT2D eigenvalue weighted by Crippen LogP contribution is -2.67. The molecule has 7 rings (SSSR count). The van der Waals surface area contributed by atoms with Crippen LogP contribution < -0.4 is 0 Å². The molecule has 0 nitrogen and oxygen atoms in total. The fourth-order valence-electron chi connectivity index (χ4n) is 8.30. The molecule has 7 fully saturated rings. The van der Waals surface area contributed by atoms with Gasteiger partial charge in [0.2, 0.25) is 0 Å². The van der Waals surface area contributed by atoms with Gasteiger partial charge in [0.15, 0.2) is 0 Å². The monoisotopic (exact) mass is 384 g/mol. The topological polar surface area (TPSA) is 0 Å². The van der Waals surface area contributed by atoms with Crippen LogP contribution in [0.5, 0.6) is 0 Å². The first kappa shape index (κ1) is 18.0. The molecule has 8 bridgehead atoms. The molecule has 0 atom stereocenters. The minimum Gasteiger partial charge on any atom is -0.0984 e. The average molecular weight is 385 g/mol. The molecule has 0 radical (unpaired) electrons. The Kier molecular flexibility index (Phi) is 3.65. The van der Waals surface area contributed by atoms with E-state index in [1.54, 1.807) is 38.5 Å². The van der Waals surface area contributed by atoms with E-state index < -0.39 is 16.1 Å². The Bertz CT molecular complexity index is 536. The van der Waals surface area contributed by atoms with Crippen LogP contribution in [0.25, 0.3) is 0 Å². The largest absolute Gasteiger partial charge is 0.0984 e. The third-order valence-corrected chi connectivity index (χ3v) is 11.4. The standard InChI is InChI=1S/C24H40Si2/c1-25(2,3)9-7-23-11-17-20-14-24(8-10-26(4,5)6)15-21(17)19(13-23)22(16-24)18(20)12-23/h7-10,17-22H,11-16H2,1-6H3. The first-order valence-corrected chi connectivity index (χ1v) is 18.5. The van der Waals surface area contributed by atoms with E-state index in [1.165, 1.54) is 0 Å². The number of hydrogen-bond acceptors (Lipinski definition) is 0. The third kappa shape index (κ3) is 2.72. The molecule has 0 aliphatic heterocycles. The van der Waals surface area contributed by atoms with Crippen LogP contribution in [0.3, 0.4) is 0 Å². The van der Waals surface area contributed by atoms with Crippen molar-refractivity contribution < 1.29 is 0 Å². The van der Waals surface area contributed by atoms with Crippen molar-refractivity contribution >= 4 is 16.1 Å². The molecule has 0 N–H and O–H groups in total. The van der Waals surface area contributed by atoms with Gasteiger partial charge in [-0.05, 0) is 84.9 Å². The summed E-state index contributed by atoms with van der Waals surface area (Å²) >= 11 is 0. The van der Waals surface area contributed by atoms with Gasteiger partial charge in [-0.1, -0.05) is 62.8 Å². The molecule has 7 aliphatic rings. The van der Waals surface area contributed by atoms with E-state index in [4.69, 9.17) is 0 Å². The molecule has 0 saturated heterocycles. The highest BCUT2D eigenvalue weighted by molar-refractivity contribution is 6.81. The van der Waals surface area contributed by atoms with E-state index >= 15 is 0 Å². The van der Waals surface area contributed by atoms with Crippen LogP contribution in [0.15, 0.2) is 23.6 Å². The lowest BCUT2D eigenvalue weighted by atomic mass is 9.30. The Balaban J connectivity index is 1.44. The second-order valence-corrected chi connectivity index (χ2v) is 23.5. The average Bonchev–Trinajstić information content (AvgIpc) is 2.54. The maximum absolute atomic E-state index is 2.77. The Morgan fingerprint density at radius 3 is 0.923 bits per heavy atom. The lowest BCUT2D eigenvalue weighted by molar-refractivity contribution is -0.237. The van der Waals surface area contributed by atoms with E-state index in [0.717, 1.165) is 35.5 Å². The van der Waals surface area contributed by atoms with Gasteiger partial charge in [0.05, 0.1) is 16.1 Å². The zero-order valence-electron chi connectivity index (χ0n) is 18.0. The van der Waals surface area contributed by atoms with Crippen molar-refractivity contribution in [3.05, 3.63) is 23.6 Å². The highest BCUT2D eigenvalue weighted by Gasteiger charge is 2.69. The number of rotatable bonds is 4. The summed E-state index contributed by atoms with van der Waals surface area (Å²) in [5.74, 6) is 6.52. The fraction of sp³-hybridized carbons (Fsp3) is 0.833. The Labute approximate surface area is 163 Å². The summed E-state index contributed by atoms with van der Waals surface area (Å²) in [6.07, 6.45) is 14.9. The molecule has 0 aromatic carbocycles. The molecule has 26 heavy (non-hydrogen) atoms. The molecular weight excluding hydrogens is 344 g/mol. The lowest BCUT2D eigenvalue weighted by Gasteiger charge is -2.74. The van der Waals surface area contributed by atoms with Crippen LogP contribution in [-0.4, -0.2) is 16.1 Å². The van der Waals surface area contributed by atoms with Gasteiger partial charge in [0, 0.05) is 0 Å². The molecule has 0 amide bonds. The zero-order chi connectivity index (χ0) is 18.5. The zero-order valence-corrected chi connectivity index (χ0v) is 20.0. The molecule has 144 valence electrons. The van der Waals surface area contributed by atoms with Crippen molar-refractivity contribution in [1.82, 2.24) is 0 Å². The van der Waals surface area contributed by atoms with Crippen LogP contribution in [0.1, 0.15) is 38.5 Å². The molecule has 2 heteroatoms. The van der Waals surface area contributed by atoms with Crippen molar-refractivity contribution in [2.45, 2.75) is 77.8 Å². The van der Waals surface area contributed by atoms with Crippen molar-refractivity contribution in [3.63, 3.8) is 0 Å². The van der Waals surface area contributed by atoms with Crippen molar-refractivity contribution in [2.75, 3.05) is 0 Å². The van der Waals surface area contributed by atoms with E-state index in [1.807, 2.05) is 0 Å². The normalized spacial score (nSPS) is 52.1. The van der Waals surface area contributed by atoms with E-state index in [-0.39, 0.29) is 0 Å². The molecule has 0 aromatic rings. The minimum atomic E-state index is -1.07. The molecule has 7 aliphatic carbocycles. The smallest absolute Gasteiger partial charge is 0.0683 e. The van der Waals surface area contributed by atoms with Gasteiger partial charge in [0.25, 0.3) is 0 Å². The Hall–Kier alpha value is -0.0862. The summed E-state index contributed by atoms with van der Waals surface area (Å²) in [7, 11) is -2.14. The van der Waals surface area contributed by atoms with Crippen LogP contribution in [0.2, 0.25) is 39.3 Å². The summed E-state index contributed by atoms with van der Waals surface area (Å²) in [5.41, 5.74) is 6.62. The van der Waals surface area contributed by atoms with Crippen molar-refractivity contribution in [2.24, 2.45) is 46.3 Å². The Morgan fingerprint density at radius 1 is 0.500 bits per heavy atom. The maximum atomic E-state index is 2.77. The summed E-state index contributed by atoms with van der Waals surface area (Å²) in [6.45, 7) is 15.0. The van der Waals surface area contributed by atoms with Crippen molar-refractivity contribution in [3.8, 4) is 0 Å². The molecule has 0 spiro atoms. The van der Waals surface area contributed by atoms with Crippen LogP contribution in [-0.2, 0) is 0 Å². The summed E-state index contributed by atoms with van der Waals surface area (Å²) < 4.78 is 0. The number of allylic oxidation sites excluding steroid dienone is 2. The summed E-state index contributed by atoms with van der Waals surface area (Å²) in [5, 5.41) is 0.